The number of ether oxygens (including phenoxy) is 4. The van der Waals surface area contributed by atoms with E-state index in [9.17, 15) is 27.4 Å². The molecule has 0 saturated heterocycles. The second-order valence-corrected chi connectivity index (χ2v) is 24.7. The second-order valence-electron chi connectivity index (χ2n) is 19.2. The fourth-order valence-corrected chi connectivity index (χ4v) is 13.0. The molecule has 2 aliphatic heterocycles. The highest BCUT2D eigenvalue weighted by Gasteiger charge is 2.30. The van der Waals surface area contributed by atoms with Gasteiger partial charge >= 0.3 is 0 Å². The molecule has 0 radical (unpaired) electrons. The number of unbranched alkanes of at least 4 members (excludes halogenated alkanes) is 2. The van der Waals surface area contributed by atoms with E-state index >= 15 is 0 Å². The molecule has 422 valence electrons. The summed E-state index contributed by atoms with van der Waals surface area (Å²) >= 11 is 25.8. The molecule has 3 N–H and O–H groups in total. The largest absolute Gasteiger partial charge is 0.379 e. The van der Waals surface area contributed by atoms with Crippen LogP contribution in [0.2, 0.25) is 20.1 Å². The molecule has 6 rings (SSSR count). The summed E-state index contributed by atoms with van der Waals surface area (Å²) in [5.74, 6) is 0.138. The first-order valence-corrected chi connectivity index (χ1v) is 30.7. The van der Waals surface area contributed by atoms with Gasteiger partial charge in [-0.05, 0) is 135 Å². The molecule has 0 amide bonds. The second kappa shape index (κ2) is 32.1. The summed E-state index contributed by atoms with van der Waals surface area (Å²) in [6.45, 7) is 6.27. The van der Waals surface area contributed by atoms with Gasteiger partial charge in [-0.1, -0.05) is 77.1 Å². The van der Waals surface area contributed by atoms with Gasteiger partial charge in [0, 0.05) is 96.7 Å². The van der Waals surface area contributed by atoms with Gasteiger partial charge < -0.3 is 34.1 Å². The molecule has 2 heterocycles. The Hall–Kier alpha value is -4.42. The van der Waals surface area contributed by atoms with Crippen molar-refractivity contribution >= 4 is 77.9 Å². The zero-order valence-corrected chi connectivity index (χ0v) is 48.8. The lowest BCUT2D eigenvalue weighted by Gasteiger charge is -2.33. The van der Waals surface area contributed by atoms with Crippen molar-refractivity contribution in [2.75, 3.05) is 105 Å². The van der Waals surface area contributed by atoms with Crippen LogP contribution in [0.25, 0.3) is 0 Å². The average Bonchev–Trinajstić information content (AvgIpc) is 3.45. The lowest BCUT2D eigenvalue weighted by molar-refractivity contribution is 0.0495. The van der Waals surface area contributed by atoms with Gasteiger partial charge in [0.25, 0.3) is 0 Å². The zero-order chi connectivity index (χ0) is 55.9. The first kappa shape index (κ1) is 62.8. The van der Waals surface area contributed by atoms with E-state index in [4.69, 9.17) is 65.4 Å². The number of halogens is 4. The van der Waals surface area contributed by atoms with E-state index in [1.165, 1.54) is 0 Å². The maximum atomic E-state index is 13.3. The highest BCUT2D eigenvalue weighted by molar-refractivity contribution is 7.91. The van der Waals surface area contributed by atoms with Crippen LogP contribution in [-0.2, 0) is 51.9 Å². The lowest BCUT2D eigenvalue weighted by atomic mass is 9.85. The summed E-state index contributed by atoms with van der Waals surface area (Å²) in [4.78, 5) is 13.2. The van der Waals surface area contributed by atoms with Crippen LogP contribution in [0.4, 0.5) is 0 Å². The van der Waals surface area contributed by atoms with Crippen LogP contribution in [0.1, 0.15) is 90.2 Å². The molecule has 4 aromatic rings. The number of likely N-dealkylation sites (N-methyl/N-ethyl adjacent to an activating group) is 2. The van der Waals surface area contributed by atoms with Crippen molar-refractivity contribution in [1.82, 2.24) is 25.2 Å². The third-order valence-electron chi connectivity index (χ3n) is 13.2. The Labute approximate surface area is 480 Å². The number of fused-ring (bicyclic) bond motifs is 2. The van der Waals surface area contributed by atoms with Gasteiger partial charge in [-0.2, -0.15) is 15.5 Å². The number of nitrogens with one attached hydrogen (secondary N) is 3. The Morgan fingerprint density at radius 2 is 1.19 bits per heavy atom. The van der Waals surface area contributed by atoms with Crippen LogP contribution in [0.5, 0.6) is 0 Å². The summed E-state index contributed by atoms with van der Waals surface area (Å²) in [6, 6.07) is 21.4. The van der Waals surface area contributed by atoms with Crippen LogP contribution < -0.4 is 15.4 Å². The van der Waals surface area contributed by atoms with Gasteiger partial charge in [-0.25, -0.2) is 21.6 Å². The molecule has 78 heavy (non-hydrogen) atoms. The predicted molar refractivity (Wildman–Crippen MR) is 307 cm³/mol. The van der Waals surface area contributed by atoms with Crippen molar-refractivity contribution in [3.8, 4) is 12.4 Å². The topological polar surface area (TPSA) is 220 Å². The molecule has 23 heteroatoms. The molecule has 4 aromatic carbocycles. The number of nitrogens with zero attached hydrogens (tertiary/aromatic N) is 6. The Kier molecular flexibility index (Phi) is 25.9. The molecule has 0 aliphatic carbocycles. The molecule has 0 unspecified atom stereocenters. The average molecular weight is 1190 g/mol. The minimum Gasteiger partial charge on any atom is -0.379 e. The summed E-state index contributed by atoms with van der Waals surface area (Å²) in [7, 11) is -3.32. The first-order valence-electron chi connectivity index (χ1n) is 26.0. The Morgan fingerprint density at radius 1 is 0.654 bits per heavy atom. The number of sulfonamides is 1. The highest BCUT2D eigenvalue weighted by Crippen LogP contribution is 2.40. The molecule has 0 spiro atoms. The van der Waals surface area contributed by atoms with Crippen LogP contribution in [-0.4, -0.2) is 144 Å². The first-order chi connectivity index (χ1) is 37.6. The van der Waals surface area contributed by atoms with Crippen LogP contribution in [0.3, 0.4) is 0 Å². The fraction of sp³-hybridized carbons (Fsp3) is 0.491. The number of guanidine groups is 1. The van der Waals surface area contributed by atoms with Gasteiger partial charge in [0.1, 0.15) is 0 Å². The van der Waals surface area contributed by atoms with Gasteiger partial charge in [0.15, 0.2) is 16.0 Å². The monoisotopic (exact) mass is 1190 g/mol. The number of hydrogen-bond donors (Lipinski definition) is 3. The van der Waals surface area contributed by atoms with Gasteiger partial charge in [0.2, 0.25) is 22.2 Å². The van der Waals surface area contributed by atoms with E-state index in [0.717, 1.165) is 58.4 Å². The number of benzene rings is 4. The maximum absolute atomic E-state index is 13.3. The van der Waals surface area contributed by atoms with Gasteiger partial charge in [-0.15, -0.1) is 0 Å². The minimum atomic E-state index is -3.79. The van der Waals surface area contributed by atoms with Crippen molar-refractivity contribution in [1.29, 1.82) is 10.5 Å². The van der Waals surface area contributed by atoms with Gasteiger partial charge in [-0.3, -0.25) is 10.3 Å². The van der Waals surface area contributed by atoms with Crippen molar-refractivity contribution in [3.05, 3.63) is 126 Å². The SMILES string of the molecule is CN1Cc2c(Cl)cc(Cl)cc2[C@@H](c2cccc(S(=O)(=O)CCCOCCOCCNC(=NCCCCCC(CCCOCCOCCNS(=O)(=O)c3cccc([C@@H]4CN(C)Cc5c(Cl)cc(Cl)cc54)c3)=NC#N)NC#N)c2)C1. The predicted octanol–water partition coefficient (Wildman–Crippen LogP) is 8.94. The van der Waals surface area contributed by atoms with E-state index in [1.54, 1.807) is 48.5 Å². The molecule has 0 bridgehead atoms. The zero-order valence-electron chi connectivity index (χ0n) is 44.1. The molecule has 17 nitrogen and oxygen atoms in total. The van der Waals surface area contributed by atoms with Gasteiger partial charge in [0.05, 0.1) is 55.2 Å². The van der Waals surface area contributed by atoms with E-state index in [1.807, 2.05) is 50.7 Å². The fourth-order valence-electron chi connectivity index (χ4n) is 9.46. The third kappa shape index (κ3) is 19.7. The Bertz CT molecular complexity index is 2990. The smallest absolute Gasteiger partial charge is 0.240 e. The van der Waals surface area contributed by atoms with E-state index < -0.39 is 19.9 Å². The van der Waals surface area contributed by atoms with Crippen molar-refractivity contribution in [3.63, 3.8) is 0 Å². The van der Waals surface area contributed by atoms with E-state index in [-0.39, 0.29) is 47.1 Å². The number of sulfone groups is 1. The molecule has 0 saturated carbocycles. The molecular weight excluding hydrogens is 1120 g/mol. The van der Waals surface area contributed by atoms with Crippen LogP contribution >= 0.6 is 46.4 Å². The maximum Gasteiger partial charge on any atom is 0.240 e. The van der Waals surface area contributed by atoms with Crippen molar-refractivity contribution in [2.45, 2.75) is 79.7 Å². The molecule has 0 fully saturated rings. The van der Waals surface area contributed by atoms with Crippen molar-refractivity contribution in [2.24, 2.45) is 9.98 Å². The van der Waals surface area contributed by atoms with Crippen LogP contribution in [0, 0.1) is 22.9 Å². The lowest BCUT2D eigenvalue weighted by Crippen LogP contribution is -2.36. The normalized spacial score (nSPS) is 16.3. The van der Waals surface area contributed by atoms with Crippen LogP contribution in [0.15, 0.2) is 92.6 Å². The summed E-state index contributed by atoms with van der Waals surface area (Å²) in [5.41, 5.74) is 6.58. The Balaban J connectivity index is 0.763. The quantitative estimate of drug-likeness (QED) is 0.0141. The summed E-state index contributed by atoms with van der Waals surface area (Å²) < 4.78 is 78.3. The van der Waals surface area contributed by atoms with E-state index in [0.29, 0.717) is 131 Å². The number of hydrogen-bond acceptors (Lipinski definition) is 14. The summed E-state index contributed by atoms with van der Waals surface area (Å²) in [5, 5.41) is 26.4. The van der Waals surface area contributed by atoms with Crippen molar-refractivity contribution < 1.29 is 35.8 Å². The number of aliphatic imine (C=N–C) groups is 2. The minimum absolute atomic E-state index is 0.0515. The number of rotatable bonds is 31. The Morgan fingerprint density at radius 3 is 1.78 bits per heavy atom. The van der Waals surface area contributed by atoms with E-state index in [2.05, 4.69) is 35.1 Å². The standard InChI is InChI=1S/C55H69Cl4N9O8S2/c1-67-34-49(47-30-42(56)32-53(58)51(47)36-67)40-10-6-14-45(28-40)77(69,70)27-9-20-74-24-25-75-21-17-63-55(65-39-61)62-16-5-3-4-12-44(64-38-60)13-8-19-73-23-26-76-22-18-66-78(71,72)46-15-7-11-41(29-46)50-35-68(2)37-52-48(50)31-43(57)33-54(52)59/h6-7,10-11,14-15,28-33,49-50,66H,3-5,8-9,12-13,16-27,34-37H2,1-2H3,(H2,62,63,65)/t49-,50+/m1/s1. The highest BCUT2D eigenvalue weighted by atomic mass is 35.5. The third-order valence-corrected chi connectivity index (χ3v) is 17.6. The summed E-state index contributed by atoms with van der Waals surface area (Å²) in [6.07, 6.45) is 8.57. The molecular formula is C55H69Cl4N9O8S2. The molecule has 0 aromatic heterocycles. The molecule has 2 atom stereocenters. The number of nitriles is 2. The molecule has 2 aliphatic rings.